The van der Waals surface area contributed by atoms with Gasteiger partial charge in [-0.25, -0.2) is 0 Å². The van der Waals surface area contributed by atoms with E-state index in [4.69, 9.17) is 9.94 Å². The summed E-state index contributed by atoms with van der Waals surface area (Å²) in [5.41, 5.74) is 3.08. The van der Waals surface area contributed by atoms with E-state index in [0.29, 0.717) is 5.92 Å². The Morgan fingerprint density at radius 3 is 2.72 bits per heavy atom. The highest BCUT2D eigenvalue weighted by molar-refractivity contribution is 6.04. The van der Waals surface area contributed by atoms with Crippen molar-refractivity contribution in [3.05, 3.63) is 29.3 Å². The summed E-state index contributed by atoms with van der Waals surface area (Å²) in [7, 11) is 0. The fourth-order valence-electron chi connectivity index (χ4n) is 2.38. The van der Waals surface area contributed by atoms with Crippen LogP contribution in [0.5, 0.6) is 5.75 Å². The van der Waals surface area contributed by atoms with E-state index in [-0.39, 0.29) is 0 Å². The highest BCUT2D eigenvalue weighted by atomic mass is 16.5. The first-order valence-corrected chi connectivity index (χ1v) is 6.75. The lowest BCUT2D eigenvalue weighted by atomic mass is 10.1. The number of hydrogen-bond donors (Lipinski definition) is 1. The van der Waals surface area contributed by atoms with Crippen molar-refractivity contribution in [3.8, 4) is 5.75 Å². The molecule has 1 N–H and O–H groups in total. The Balaban J connectivity index is 2.04. The summed E-state index contributed by atoms with van der Waals surface area (Å²) in [5, 5.41) is 12.2. The molecule has 3 nitrogen and oxygen atoms in total. The zero-order valence-electron chi connectivity index (χ0n) is 11.1. The van der Waals surface area contributed by atoms with Crippen molar-refractivity contribution in [2.24, 2.45) is 11.1 Å². The predicted octanol–water partition coefficient (Wildman–Crippen LogP) is 3.63. The Bertz CT molecular complexity index is 436. The van der Waals surface area contributed by atoms with Gasteiger partial charge in [-0.3, -0.25) is 0 Å². The zero-order valence-corrected chi connectivity index (χ0v) is 11.1. The normalized spacial score (nSPS) is 16.3. The van der Waals surface area contributed by atoms with Crippen LogP contribution in [0, 0.1) is 5.92 Å². The molecule has 98 valence electrons. The molecule has 0 saturated carbocycles. The molecule has 0 fully saturated rings. The molecule has 18 heavy (non-hydrogen) atoms. The molecule has 1 aliphatic carbocycles. The average molecular weight is 247 g/mol. The number of rotatable bonds is 5. The summed E-state index contributed by atoms with van der Waals surface area (Å²) in [4.78, 5) is 0. The second-order valence-corrected chi connectivity index (χ2v) is 4.86. The first-order valence-electron chi connectivity index (χ1n) is 6.75. The van der Waals surface area contributed by atoms with Gasteiger partial charge >= 0.3 is 0 Å². The molecule has 0 atom stereocenters. The topological polar surface area (TPSA) is 41.8 Å². The van der Waals surface area contributed by atoms with Gasteiger partial charge < -0.3 is 9.94 Å². The van der Waals surface area contributed by atoms with Gasteiger partial charge in [0.05, 0.1) is 12.3 Å². The van der Waals surface area contributed by atoms with Crippen molar-refractivity contribution in [3.63, 3.8) is 0 Å². The van der Waals surface area contributed by atoms with Gasteiger partial charge in [0.2, 0.25) is 0 Å². The van der Waals surface area contributed by atoms with Crippen molar-refractivity contribution in [1.82, 2.24) is 0 Å². The minimum Gasteiger partial charge on any atom is -0.493 e. The summed E-state index contributed by atoms with van der Waals surface area (Å²) in [6.45, 7) is 5.18. The Morgan fingerprint density at radius 2 is 2.06 bits per heavy atom. The van der Waals surface area contributed by atoms with Crippen molar-refractivity contribution in [2.45, 2.75) is 39.5 Å². The molecule has 1 aromatic carbocycles. The van der Waals surface area contributed by atoms with E-state index in [1.807, 2.05) is 12.1 Å². The molecule has 0 bridgehead atoms. The largest absolute Gasteiger partial charge is 0.493 e. The van der Waals surface area contributed by atoms with Gasteiger partial charge in [0.25, 0.3) is 0 Å². The van der Waals surface area contributed by atoms with E-state index >= 15 is 0 Å². The van der Waals surface area contributed by atoms with E-state index in [9.17, 15) is 0 Å². The fraction of sp³-hybridized carbons (Fsp3) is 0.533. The lowest BCUT2D eigenvalue weighted by Gasteiger charge is -2.14. The maximum absolute atomic E-state index is 8.88. The first-order chi connectivity index (χ1) is 8.78. The van der Waals surface area contributed by atoms with Crippen LogP contribution in [0.25, 0.3) is 0 Å². The monoisotopic (exact) mass is 247 g/mol. The molecule has 0 radical (unpaired) electrons. The first kappa shape index (κ1) is 12.9. The molecule has 0 saturated heterocycles. The summed E-state index contributed by atoms with van der Waals surface area (Å²) < 4.78 is 5.84. The number of hydrogen-bond acceptors (Lipinski definition) is 3. The number of benzene rings is 1. The van der Waals surface area contributed by atoms with Crippen LogP contribution in [-0.2, 0) is 6.42 Å². The van der Waals surface area contributed by atoms with E-state index in [2.05, 4.69) is 25.1 Å². The van der Waals surface area contributed by atoms with Crippen molar-refractivity contribution < 1.29 is 9.94 Å². The summed E-state index contributed by atoms with van der Waals surface area (Å²) >= 11 is 0. The van der Waals surface area contributed by atoms with Gasteiger partial charge in [-0.15, -0.1) is 0 Å². The van der Waals surface area contributed by atoms with Gasteiger partial charge in [-0.2, -0.15) is 0 Å². The molecule has 0 aliphatic heterocycles. The molecule has 1 aliphatic rings. The molecule has 3 heteroatoms. The number of nitrogens with zero attached hydrogens (tertiary/aromatic N) is 1. The van der Waals surface area contributed by atoms with E-state index in [0.717, 1.165) is 49.3 Å². The number of aryl methyl sites for hydroxylation is 1. The average Bonchev–Trinajstić information content (AvgIpc) is 2.82. The number of fused-ring (bicyclic) bond motifs is 1. The van der Waals surface area contributed by atoms with Crippen molar-refractivity contribution in [2.75, 3.05) is 6.61 Å². The van der Waals surface area contributed by atoms with E-state index < -0.39 is 0 Å². The Hall–Kier alpha value is -1.51. The minimum atomic E-state index is 0.632. The van der Waals surface area contributed by atoms with Crippen LogP contribution < -0.4 is 4.74 Å². The van der Waals surface area contributed by atoms with Crippen molar-refractivity contribution in [1.29, 1.82) is 0 Å². The lowest BCUT2D eigenvalue weighted by molar-refractivity contribution is 0.240. The Labute approximate surface area is 108 Å². The summed E-state index contributed by atoms with van der Waals surface area (Å²) in [6, 6.07) is 6.05. The zero-order chi connectivity index (χ0) is 13.0. The van der Waals surface area contributed by atoms with Crippen LogP contribution >= 0.6 is 0 Å². The molecule has 1 aromatic rings. The third-order valence-electron chi connectivity index (χ3n) is 3.78. The summed E-state index contributed by atoms with van der Waals surface area (Å²) in [6.07, 6.45) is 4.07. The van der Waals surface area contributed by atoms with Crippen LogP contribution in [0.3, 0.4) is 0 Å². The van der Waals surface area contributed by atoms with Crippen LogP contribution in [0.1, 0.15) is 44.2 Å². The number of ether oxygens (including phenoxy) is 1. The van der Waals surface area contributed by atoms with Crippen LogP contribution in [0.15, 0.2) is 23.4 Å². The van der Waals surface area contributed by atoms with Crippen LogP contribution in [0.4, 0.5) is 0 Å². The molecular weight excluding hydrogens is 226 g/mol. The lowest BCUT2D eigenvalue weighted by Crippen LogP contribution is -2.10. The molecule has 0 aromatic heterocycles. The van der Waals surface area contributed by atoms with E-state index in [1.54, 1.807) is 0 Å². The fourth-order valence-corrected chi connectivity index (χ4v) is 2.38. The molecular formula is C15H21NO2. The smallest absolute Gasteiger partial charge is 0.119 e. The van der Waals surface area contributed by atoms with E-state index in [1.165, 1.54) is 5.56 Å². The molecule has 2 rings (SSSR count). The SMILES string of the molecule is CCC(CC)COc1ccc2c(c1)CC/C2=N\O. The Kier molecular flexibility index (Phi) is 4.24. The molecule has 0 amide bonds. The molecule has 0 spiro atoms. The molecule has 0 unspecified atom stereocenters. The van der Waals surface area contributed by atoms with Gasteiger partial charge in [-0.1, -0.05) is 31.8 Å². The van der Waals surface area contributed by atoms with Crippen LogP contribution in [-0.4, -0.2) is 17.5 Å². The third kappa shape index (κ3) is 2.66. The maximum atomic E-state index is 8.88. The third-order valence-corrected chi connectivity index (χ3v) is 3.78. The van der Waals surface area contributed by atoms with Crippen LogP contribution in [0.2, 0.25) is 0 Å². The standard InChI is InChI=1S/C15H21NO2/c1-3-11(4-2)10-18-13-6-7-14-12(9-13)5-8-15(14)16-17/h6-7,9,11,17H,3-5,8,10H2,1-2H3/b16-15+. The Morgan fingerprint density at radius 1 is 1.28 bits per heavy atom. The maximum Gasteiger partial charge on any atom is 0.119 e. The second kappa shape index (κ2) is 5.89. The van der Waals surface area contributed by atoms with Crippen molar-refractivity contribution >= 4 is 5.71 Å². The van der Waals surface area contributed by atoms with Gasteiger partial charge in [0, 0.05) is 5.56 Å². The quantitative estimate of drug-likeness (QED) is 0.637. The summed E-state index contributed by atoms with van der Waals surface area (Å²) in [5.74, 6) is 1.56. The number of oxime groups is 1. The highest BCUT2D eigenvalue weighted by Crippen LogP contribution is 2.27. The van der Waals surface area contributed by atoms with Gasteiger partial charge in [0.1, 0.15) is 5.75 Å². The highest BCUT2D eigenvalue weighted by Gasteiger charge is 2.18. The second-order valence-electron chi connectivity index (χ2n) is 4.86. The predicted molar refractivity (Wildman–Crippen MR) is 72.7 cm³/mol. The minimum absolute atomic E-state index is 0.632. The van der Waals surface area contributed by atoms with Gasteiger partial charge in [-0.05, 0) is 42.5 Å². The van der Waals surface area contributed by atoms with Gasteiger partial charge in [0.15, 0.2) is 0 Å². The molecule has 0 heterocycles.